The van der Waals surface area contributed by atoms with Gasteiger partial charge in [-0.3, -0.25) is 9.69 Å². The van der Waals surface area contributed by atoms with Crippen LogP contribution >= 0.6 is 45.9 Å². The monoisotopic (exact) mass is 427 g/mol. The molecule has 138 valence electrons. The summed E-state index contributed by atoms with van der Waals surface area (Å²) in [5, 5.41) is 1.30. The minimum atomic E-state index is 0.0254. The number of hydrogen-bond donors (Lipinski definition) is 0. The number of halogens is 2. The van der Waals surface area contributed by atoms with E-state index in [9.17, 15) is 4.79 Å². The number of anilines is 1. The summed E-state index contributed by atoms with van der Waals surface area (Å²) in [6.45, 7) is 1.52. The number of thiophene rings is 1. The van der Waals surface area contributed by atoms with Crippen molar-refractivity contribution in [3.63, 3.8) is 0 Å². The van der Waals surface area contributed by atoms with Gasteiger partial charge in [0.1, 0.15) is 5.52 Å². The number of nitrogens with zero attached hydrogens (tertiary/aromatic N) is 3. The van der Waals surface area contributed by atoms with Crippen LogP contribution in [-0.4, -0.2) is 43.0 Å². The van der Waals surface area contributed by atoms with Crippen molar-refractivity contribution in [2.45, 2.75) is 12.8 Å². The van der Waals surface area contributed by atoms with Crippen molar-refractivity contribution in [2.75, 3.05) is 32.1 Å². The van der Waals surface area contributed by atoms with Crippen LogP contribution in [0, 0.1) is 0 Å². The van der Waals surface area contributed by atoms with Gasteiger partial charge in [0.15, 0.2) is 5.13 Å². The first-order chi connectivity index (χ1) is 12.4. The Bertz CT molecular complexity index is 907. The Morgan fingerprint density at radius 2 is 1.92 bits per heavy atom. The fraction of sp³-hybridized carbons (Fsp3) is 0.333. The molecule has 0 aliphatic rings. The maximum absolute atomic E-state index is 13.0. The summed E-state index contributed by atoms with van der Waals surface area (Å²) < 4.78 is 1.68. The zero-order chi connectivity index (χ0) is 18.7. The van der Waals surface area contributed by atoms with E-state index in [1.54, 1.807) is 4.90 Å². The molecule has 4 nitrogen and oxygen atoms in total. The molecule has 2 heterocycles. The first kappa shape index (κ1) is 19.6. The van der Waals surface area contributed by atoms with Gasteiger partial charge in [-0.15, -0.1) is 11.3 Å². The molecule has 1 aromatic carbocycles. The topological polar surface area (TPSA) is 36.4 Å². The van der Waals surface area contributed by atoms with Crippen molar-refractivity contribution < 1.29 is 4.79 Å². The van der Waals surface area contributed by atoms with Gasteiger partial charge in [-0.25, -0.2) is 4.98 Å². The molecule has 0 radical (unpaired) electrons. The maximum atomic E-state index is 13.0. The average molecular weight is 428 g/mol. The Hall–Kier alpha value is -1.18. The van der Waals surface area contributed by atoms with Gasteiger partial charge in [-0.1, -0.05) is 40.6 Å². The molecule has 26 heavy (non-hydrogen) atoms. The van der Waals surface area contributed by atoms with Crippen molar-refractivity contribution in [1.82, 2.24) is 9.88 Å². The second kappa shape index (κ2) is 8.67. The van der Waals surface area contributed by atoms with Crippen molar-refractivity contribution in [2.24, 2.45) is 0 Å². The van der Waals surface area contributed by atoms with E-state index in [0.29, 0.717) is 27.5 Å². The van der Waals surface area contributed by atoms with E-state index >= 15 is 0 Å². The average Bonchev–Trinajstić information content (AvgIpc) is 3.18. The highest BCUT2D eigenvalue weighted by molar-refractivity contribution is 7.22. The molecule has 3 rings (SSSR count). The number of benzene rings is 1. The lowest BCUT2D eigenvalue weighted by Crippen LogP contribution is -2.34. The first-order valence-electron chi connectivity index (χ1n) is 8.18. The van der Waals surface area contributed by atoms with Crippen molar-refractivity contribution in [3.05, 3.63) is 44.6 Å². The Morgan fingerprint density at radius 1 is 1.12 bits per heavy atom. The van der Waals surface area contributed by atoms with E-state index < -0.39 is 0 Å². The Morgan fingerprint density at radius 3 is 2.58 bits per heavy atom. The third-order valence-corrected chi connectivity index (χ3v) is 6.41. The summed E-state index contributed by atoms with van der Waals surface area (Å²) in [6, 6.07) is 9.42. The number of thiazole rings is 1. The van der Waals surface area contributed by atoms with E-state index in [1.807, 2.05) is 44.4 Å². The second-order valence-corrected chi connectivity index (χ2v) is 9.38. The van der Waals surface area contributed by atoms with Crippen LogP contribution in [0.2, 0.25) is 9.36 Å². The van der Waals surface area contributed by atoms with Crippen LogP contribution in [-0.2, 0) is 11.2 Å². The number of carbonyl (C=O) groups excluding carboxylic acids is 1. The standard InChI is InChI=1S/C18H19Cl2N3OS2/c1-22(2)9-4-10-23(16(24)11-12-7-8-15(20)25-12)18-21-17-13(19)5-3-6-14(17)26-18/h3,5-8H,4,9-11H2,1-2H3. The molecular formula is C18H19Cl2N3OS2. The molecule has 0 aliphatic carbocycles. The summed E-state index contributed by atoms with van der Waals surface area (Å²) in [5.41, 5.74) is 0.749. The quantitative estimate of drug-likeness (QED) is 0.520. The minimum absolute atomic E-state index is 0.0254. The molecule has 2 aromatic heterocycles. The zero-order valence-corrected chi connectivity index (χ0v) is 17.7. The van der Waals surface area contributed by atoms with Gasteiger partial charge in [-0.2, -0.15) is 0 Å². The Labute approximate surface area is 171 Å². The summed E-state index contributed by atoms with van der Waals surface area (Å²) in [4.78, 5) is 22.4. The van der Waals surface area contributed by atoms with Crippen LogP contribution in [0.15, 0.2) is 30.3 Å². The van der Waals surface area contributed by atoms with Crippen LogP contribution in [0.5, 0.6) is 0 Å². The van der Waals surface area contributed by atoms with Gasteiger partial charge in [0, 0.05) is 11.4 Å². The van der Waals surface area contributed by atoms with Crippen molar-refractivity contribution >= 4 is 67.1 Å². The maximum Gasteiger partial charge on any atom is 0.234 e. The number of fused-ring (bicyclic) bond motifs is 1. The SMILES string of the molecule is CN(C)CCCN(C(=O)Cc1ccc(Cl)s1)c1nc2c(Cl)cccc2s1. The highest BCUT2D eigenvalue weighted by Gasteiger charge is 2.21. The first-order valence-corrected chi connectivity index (χ1v) is 10.6. The number of hydrogen-bond acceptors (Lipinski definition) is 5. The summed E-state index contributed by atoms with van der Waals surface area (Å²) in [7, 11) is 4.05. The predicted molar refractivity (Wildman–Crippen MR) is 113 cm³/mol. The third kappa shape index (κ3) is 4.75. The largest absolute Gasteiger partial charge is 0.309 e. The molecular weight excluding hydrogens is 409 g/mol. The number of amides is 1. The minimum Gasteiger partial charge on any atom is -0.309 e. The molecule has 0 saturated carbocycles. The summed E-state index contributed by atoms with van der Waals surface area (Å²) in [6.07, 6.45) is 1.19. The van der Waals surface area contributed by atoms with Crippen LogP contribution < -0.4 is 4.90 Å². The highest BCUT2D eigenvalue weighted by atomic mass is 35.5. The predicted octanol–water partition coefficient (Wildman–Crippen LogP) is 5.19. The van der Waals surface area contributed by atoms with E-state index in [-0.39, 0.29) is 5.91 Å². The van der Waals surface area contributed by atoms with Crippen LogP contribution in [0.25, 0.3) is 10.2 Å². The molecule has 3 aromatic rings. The smallest absolute Gasteiger partial charge is 0.234 e. The van der Waals surface area contributed by atoms with E-state index in [1.165, 1.54) is 22.7 Å². The molecule has 0 unspecified atom stereocenters. The van der Waals surface area contributed by atoms with Crippen molar-refractivity contribution in [3.8, 4) is 0 Å². The lowest BCUT2D eigenvalue weighted by atomic mass is 10.3. The molecule has 1 amide bonds. The van der Waals surface area contributed by atoms with Gasteiger partial charge in [0.25, 0.3) is 0 Å². The molecule has 0 fully saturated rings. The highest BCUT2D eigenvalue weighted by Crippen LogP contribution is 2.33. The number of carbonyl (C=O) groups is 1. The van der Waals surface area contributed by atoms with Crippen LogP contribution in [0.1, 0.15) is 11.3 Å². The summed E-state index contributed by atoms with van der Waals surface area (Å²) in [5.74, 6) is 0.0254. The number of aromatic nitrogens is 1. The number of rotatable bonds is 7. The van der Waals surface area contributed by atoms with Gasteiger partial charge in [-0.05, 0) is 51.3 Å². The van der Waals surface area contributed by atoms with E-state index in [4.69, 9.17) is 23.2 Å². The fourth-order valence-electron chi connectivity index (χ4n) is 2.58. The van der Waals surface area contributed by atoms with E-state index in [2.05, 4.69) is 9.88 Å². The summed E-state index contributed by atoms with van der Waals surface area (Å²) >= 11 is 15.2. The lowest BCUT2D eigenvalue weighted by Gasteiger charge is -2.20. The van der Waals surface area contributed by atoms with Gasteiger partial charge in [0.05, 0.1) is 20.5 Å². The molecule has 8 heteroatoms. The molecule has 0 N–H and O–H groups in total. The molecule has 0 atom stereocenters. The molecule has 0 spiro atoms. The van der Waals surface area contributed by atoms with Gasteiger partial charge >= 0.3 is 0 Å². The van der Waals surface area contributed by atoms with Crippen molar-refractivity contribution in [1.29, 1.82) is 0 Å². The zero-order valence-electron chi connectivity index (χ0n) is 14.5. The van der Waals surface area contributed by atoms with Crippen LogP contribution in [0.3, 0.4) is 0 Å². The van der Waals surface area contributed by atoms with Gasteiger partial charge in [0.2, 0.25) is 5.91 Å². The normalized spacial score (nSPS) is 11.4. The Kier molecular flexibility index (Phi) is 6.53. The van der Waals surface area contributed by atoms with E-state index in [0.717, 1.165) is 28.1 Å². The molecule has 0 saturated heterocycles. The molecule has 0 bridgehead atoms. The van der Waals surface area contributed by atoms with Gasteiger partial charge < -0.3 is 4.90 Å². The van der Waals surface area contributed by atoms with Crippen LogP contribution in [0.4, 0.5) is 5.13 Å². The fourth-order valence-corrected chi connectivity index (χ4v) is 4.97. The lowest BCUT2D eigenvalue weighted by molar-refractivity contribution is -0.118. The number of para-hydroxylation sites is 1. The molecule has 0 aliphatic heterocycles. The second-order valence-electron chi connectivity index (χ2n) is 6.17. The Balaban J connectivity index is 1.85. The third-order valence-electron chi connectivity index (χ3n) is 3.83.